The molecule has 1 atom stereocenters. The van der Waals surface area contributed by atoms with E-state index in [-0.39, 0.29) is 0 Å². The number of rotatable bonds is 6. The van der Waals surface area contributed by atoms with Crippen molar-refractivity contribution in [2.45, 2.75) is 46.1 Å². The van der Waals surface area contributed by atoms with Crippen molar-refractivity contribution in [3.8, 4) is 0 Å². The molecule has 0 radical (unpaired) electrons. The Balaban J connectivity index is 2.20. The third-order valence-corrected chi connectivity index (χ3v) is 4.01. The maximum Gasteiger partial charge on any atom is 0.0831 e. The van der Waals surface area contributed by atoms with Crippen molar-refractivity contribution >= 4 is 5.57 Å². The molecule has 1 aromatic heterocycles. The van der Waals surface area contributed by atoms with Gasteiger partial charge in [0.1, 0.15) is 0 Å². The summed E-state index contributed by atoms with van der Waals surface area (Å²) < 4.78 is 0. The van der Waals surface area contributed by atoms with Crippen LogP contribution in [0, 0.1) is 12.8 Å². The second-order valence-corrected chi connectivity index (χ2v) is 6.45. The minimum atomic E-state index is -0.461. The maximum atomic E-state index is 10.4. The maximum absolute atomic E-state index is 10.4. The van der Waals surface area contributed by atoms with Crippen molar-refractivity contribution < 1.29 is 5.11 Å². The molecule has 2 rings (SSSR count). The highest BCUT2D eigenvalue weighted by Gasteiger charge is 2.18. The lowest BCUT2D eigenvalue weighted by molar-refractivity contribution is 0.217. The Morgan fingerprint density at radius 3 is 2.91 bits per heavy atom. The minimum Gasteiger partial charge on any atom is -0.388 e. The zero-order chi connectivity index (χ0) is 16.7. The summed E-state index contributed by atoms with van der Waals surface area (Å²) in [6.07, 6.45) is 16.7. The number of aromatic nitrogens is 1. The Morgan fingerprint density at radius 2 is 2.17 bits per heavy atom. The number of allylic oxidation sites excluding steroid dienone is 5. The van der Waals surface area contributed by atoms with E-state index in [1.807, 2.05) is 24.3 Å². The fraction of sp³-hybridized carbons (Fsp3) is 0.381. The molecule has 0 saturated heterocycles. The summed E-state index contributed by atoms with van der Waals surface area (Å²) in [5.74, 6) is 0.732. The second kappa shape index (κ2) is 8.64. The van der Waals surface area contributed by atoms with Gasteiger partial charge in [0, 0.05) is 11.8 Å². The molecule has 1 N–H and O–H groups in total. The predicted octanol–water partition coefficient (Wildman–Crippen LogP) is 5.01. The van der Waals surface area contributed by atoms with Crippen LogP contribution in [0.4, 0.5) is 0 Å². The molecule has 1 aliphatic rings. The van der Waals surface area contributed by atoms with E-state index in [2.05, 4.69) is 50.0 Å². The Morgan fingerprint density at radius 1 is 1.35 bits per heavy atom. The highest BCUT2D eigenvalue weighted by atomic mass is 16.3. The van der Waals surface area contributed by atoms with Gasteiger partial charge in [-0.25, -0.2) is 0 Å². The summed E-state index contributed by atoms with van der Waals surface area (Å²) in [6.45, 7) is 6.53. The summed E-state index contributed by atoms with van der Waals surface area (Å²) in [5.41, 5.74) is 4.04. The van der Waals surface area contributed by atoms with Crippen LogP contribution < -0.4 is 0 Å². The molecule has 0 fully saturated rings. The number of aryl methyl sites for hydroxylation is 1. The number of hydrogen-bond donors (Lipinski definition) is 1. The van der Waals surface area contributed by atoms with Crippen LogP contribution in [-0.4, -0.2) is 16.2 Å². The zero-order valence-corrected chi connectivity index (χ0v) is 14.4. The average molecular weight is 309 g/mol. The van der Waals surface area contributed by atoms with Crippen LogP contribution in [-0.2, 0) is 0 Å². The number of hydrogen-bond acceptors (Lipinski definition) is 2. The third kappa shape index (κ3) is 5.04. The van der Waals surface area contributed by atoms with Crippen LogP contribution >= 0.6 is 0 Å². The van der Waals surface area contributed by atoms with Crippen LogP contribution in [0.5, 0.6) is 0 Å². The highest BCUT2D eigenvalue weighted by molar-refractivity contribution is 5.79. The lowest BCUT2D eigenvalue weighted by atomic mass is 9.91. The van der Waals surface area contributed by atoms with Gasteiger partial charge in [-0.15, -0.1) is 0 Å². The molecule has 1 aliphatic carbocycles. The summed E-state index contributed by atoms with van der Waals surface area (Å²) in [4.78, 5) is 4.49. The van der Waals surface area contributed by atoms with E-state index in [1.165, 1.54) is 6.42 Å². The third-order valence-electron chi connectivity index (χ3n) is 4.01. The van der Waals surface area contributed by atoms with Crippen molar-refractivity contribution in [3.63, 3.8) is 0 Å². The van der Waals surface area contributed by atoms with Gasteiger partial charge in [-0.1, -0.05) is 56.4 Å². The van der Waals surface area contributed by atoms with Crippen molar-refractivity contribution in [1.29, 1.82) is 0 Å². The molecular formula is C21H27NO. The second-order valence-electron chi connectivity index (χ2n) is 6.45. The van der Waals surface area contributed by atoms with E-state index in [1.54, 1.807) is 6.20 Å². The van der Waals surface area contributed by atoms with Crippen LogP contribution in [0.1, 0.15) is 44.4 Å². The number of aliphatic hydroxyl groups is 1. The molecule has 0 aliphatic heterocycles. The van der Waals surface area contributed by atoms with E-state index in [4.69, 9.17) is 0 Å². The largest absolute Gasteiger partial charge is 0.388 e. The van der Waals surface area contributed by atoms with Gasteiger partial charge in [-0.05, 0) is 49.3 Å². The van der Waals surface area contributed by atoms with Gasteiger partial charge in [-0.2, -0.15) is 0 Å². The van der Waals surface area contributed by atoms with Crippen molar-refractivity contribution in [2.24, 2.45) is 5.92 Å². The molecular weight excluding hydrogens is 282 g/mol. The zero-order valence-electron chi connectivity index (χ0n) is 14.4. The summed E-state index contributed by atoms with van der Waals surface area (Å²) in [6, 6.07) is 3.99. The first-order chi connectivity index (χ1) is 11.1. The van der Waals surface area contributed by atoms with Crippen LogP contribution in [0.15, 0.2) is 60.4 Å². The van der Waals surface area contributed by atoms with E-state index < -0.39 is 6.10 Å². The van der Waals surface area contributed by atoms with Gasteiger partial charge in [0.05, 0.1) is 11.8 Å². The predicted molar refractivity (Wildman–Crippen MR) is 98.0 cm³/mol. The van der Waals surface area contributed by atoms with Crippen LogP contribution in [0.25, 0.3) is 5.57 Å². The van der Waals surface area contributed by atoms with Gasteiger partial charge in [0.25, 0.3) is 0 Å². The lowest BCUT2D eigenvalue weighted by Gasteiger charge is -2.19. The fourth-order valence-electron chi connectivity index (χ4n) is 2.67. The van der Waals surface area contributed by atoms with Gasteiger partial charge >= 0.3 is 0 Å². The normalized spacial score (nSPS) is 18.7. The topological polar surface area (TPSA) is 33.1 Å². The quantitative estimate of drug-likeness (QED) is 0.749. The average Bonchev–Trinajstić information content (AvgIpc) is 2.52. The Hall–Kier alpha value is -1.93. The molecule has 0 bridgehead atoms. The smallest absolute Gasteiger partial charge is 0.0831 e. The summed E-state index contributed by atoms with van der Waals surface area (Å²) in [7, 11) is 0. The minimum absolute atomic E-state index is 0.461. The highest BCUT2D eigenvalue weighted by Crippen LogP contribution is 2.29. The molecule has 23 heavy (non-hydrogen) atoms. The van der Waals surface area contributed by atoms with E-state index in [0.29, 0.717) is 6.42 Å². The van der Waals surface area contributed by atoms with Crippen molar-refractivity contribution in [3.05, 3.63) is 71.6 Å². The molecule has 2 heteroatoms. The van der Waals surface area contributed by atoms with Crippen LogP contribution in [0.2, 0.25) is 0 Å². The first-order valence-electron chi connectivity index (χ1n) is 8.43. The molecule has 1 aromatic rings. The monoisotopic (exact) mass is 309 g/mol. The van der Waals surface area contributed by atoms with Crippen molar-refractivity contribution in [2.75, 3.05) is 0 Å². The van der Waals surface area contributed by atoms with Gasteiger partial charge in [0.2, 0.25) is 0 Å². The van der Waals surface area contributed by atoms with E-state index in [0.717, 1.165) is 34.7 Å². The summed E-state index contributed by atoms with van der Waals surface area (Å²) in [5, 5.41) is 10.4. The molecule has 0 amide bonds. The lowest BCUT2D eigenvalue weighted by Crippen LogP contribution is -2.13. The number of nitrogens with zero attached hydrogens (tertiary/aromatic N) is 1. The SMILES string of the molecule is Cc1cccnc1C1=C(/C=C/C=C\CCC(C)C)C(O)CC=C1. The van der Waals surface area contributed by atoms with Crippen LogP contribution in [0.3, 0.4) is 0 Å². The van der Waals surface area contributed by atoms with Gasteiger partial charge < -0.3 is 5.11 Å². The summed E-state index contributed by atoms with van der Waals surface area (Å²) >= 11 is 0. The molecule has 0 saturated carbocycles. The number of aliphatic hydroxyl groups excluding tert-OH is 1. The molecule has 1 unspecified atom stereocenters. The Bertz CT molecular complexity index is 635. The Kier molecular flexibility index (Phi) is 6.54. The van der Waals surface area contributed by atoms with E-state index in [9.17, 15) is 5.11 Å². The molecule has 0 aromatic carbocycles. The standard InChI is InChI=1S/C21H27NO/c1-16(2)10-6-4-5-7-12-18-19(13-8-14-20(18)23)21-17(3)11-9-15-22-21/h4-5,7-9,11-13,15-16,20,23H,6,10,14H2,1-3H3/b5-4-,12-7+. The van der Waals surface area contributed by atoms with Gasteiger partial charge in [-0.3, -0.25) is 4.98 Å². The molecule has 1 heterocycles. The van der Waals surface area contributed by atoms with Gasteiger partial charge in [0.15, 0.2) is 0 Å². The number of pyridine rings is 1. The first-order valence-corrected chi connectivity index (χ1v) is 8.43. The van der Waals surface area contributed by atoms with E-state index >= 15 is 0 Å². The molecule has 2 nitrogen and oxygen atoms in total. The molecule has 0 spiro atoms. The first kappa shape index (κ1) is 17.4. The molecule has 122 valence electrons. The Labute approximate surface area is 140 Å². The van der Waals surface area contributed by atoms with Crippen molar-refractivity contribution in [1.82, 2.24) is 4.98 Å². The fourth-order valence-corrected chi connectivity index (χ4v) is 2.67.